The highest BCUT2D eigenvalue weighted by Crippen LogP contribution is 2.39. The Morgan fingerprint density at radius 2 is 1.90 bits per heavy atom. The number of nitrogens with one attached hydrogen (secondary N) is 1. The maximum atomic E-state index is 13.2. The van der Waals surface area contributed by atoms with Crippen molar-refractivity contribution in [3.8, 4) is 0 Å². The number of amides is 1. The second-order valence-corrected chi connectivity index (χ2v) is 8.47. The normalized spacial score (nSPS) is 15.6. The van der Waals surface area contributed by atoms with Crippen molar-refractivity contribution >= 4 is 16.8 Å². The van der Waals surface area contributed by atoms with Gasteiger partial charge in [-0.05, 0) is 55.0 Å². The molecular weight excluding hydrogens is 382 g/mol. The van der Waals surface area contributed by atoms with Crippen LogP contribution in [0.3, 0.4) is 0 Å². The third-order valence-electron chi connectivity index (χ3n) is 6.34. The first-order chi connectivity index (χ1) is 15.2. The first-order valence-electron chi connectivity index (χ1n) is 11.0. The van der Waals surface area contributed by atoms with Crippen LogP contribution in [0.15, 0.2) is 73.1 Å². The lowest BCUT2D eigenvalue weighted by Crippen LogP contribution is -2.31. The molecule has 4 heteroatoms. The molecular formula is C27H27N3O. The largest absolute Gasteiger partial charge is 0.351 e. The van der Waals surface area contributed by atoms with Crippen LogP contribution in [0.4, 0.5) is 0 Å². The van der Waals surface area contributed by atoms with E-state index in [4.69, 9.17) is 0 Å². The van der Waals surface area contributed by atoms with E-state index >= 15 is 0 Å². The maximum Gasteiger partial charge on any atom is 0.227 e. The molecule has 0 radical (unpaired) electrons. The molecule has 156 valence electrons. The van der Waals surface area contributed by atoms with Crippen molar-refractivity contribution in [2.45, 2.75) is 45.2 Å². The molecule has 1 aliphatic rings. The number of pyridine rings is 1. The van der Waals surface area contributed by atoms with E-state index in [0.29, 0.717) is 6.54 Å². The average Bonchev–Trinajstić information content (AvgIpc) is 3.13. The highest BCUT2D eigenvalue weighted by molar-refractivity contribution is 5.94. The topological polar surface area (TPSA) is 46.9 Å². The number of rotatable bonds is 5. The quantitative estimate of drug-likeness (QED) is 0.497. The van der Waals surface area contributed by atoms with Gasteiger partial charge < -0.3 is 9.88 Å². The van der Waals surface area contributed by atoms with Gasteiger partial charge in [-0.25, -0.2) is 0 Å². The third kappa shape index (κ3) is 3.86. The number of carbonyl (C=O) groups is 1. The Morgan fingerprint density at radius 3 is 2.71 bits per heavy atom. The van der Waals surface area contributed by atoms with Gasteiger partial charge in [-0.1, -0.05) is 54.1 Å². The van der Waals surface area contributed by atoms with Gasteiger partial charge >= 0.3 is 0 Å². The van der Waals surface area contributed by atoms with Gasteiger partial charge in [-0.3, -0.25) is 9.78 Å². The summed E-state index contributed by atoms with van der Waals surface area (Å²) >= 11 is 0. The molecule has 0 spiro atoms. The maximum absolute atomic E-state index is 13.2. The Hall–Kier alpha value is -3.40. The summed E-state index contributed by atoms with van der Waals surface area (Å²) in [6.07, 6.45) is 6.50. The smallest absolute Gasteiger partial charge is 0.227 e. The molecule has 31 heavy (non-hydrogen) atoms. The molecule has 1 unspecified atom stereocenters. The van der Waals surface area contributed by atoms with E-state index in [-0.39, 0.29) is 11.8 Å². The minimum atomic E-state index is -0.107. The molecule has 0 saturated carbocycles. The average molecular weight is 410 g/mol. The van der Waals surface area contributed by atoms with Gasteiger partial charge in [0.1, 0.15) is 0 Å². The lowest BCUT2D eigenvalue weighted by molar-refractivity contribution is -0.123. The summed E-state index contributed by atoms with van der Waals surface area (Å²) in [6.45, 7) is 3.46. The molecule has 1 N–H and O–H groups in total. The summed E-state index contributed by atoms with van der Waals surface area (Å²) in [5.74, 6) is 0.00707. The van der Waals surface area contributed by atoms with Crippen LogP contribution in [0.1, 0.15) is 46.7 Å². The molecule has 0 bridgehead atoms. The molecule has 2 aromatic heterocycles. The number of aromatic nitrogens is 2. The van der Waals surface area contributed by atoms with E-state index in [0.717, 1.165) is 31.4 Å². The minimum Gasteiger partial charge on any atom is -0.351 e. The summed E-state index contributed by atoms with van der Waals surface area (Å²) in [4.78, 5) is 17.4. The van der Waals surface area contributed by atoms with Gasteiger partial charge in [0.05, 0.1) is 5.92 Å². The number of carbonyl (C=O) groups excluding carboxylic acids is 1. The highest BCUT2D eigenvalue weighted by atomic mass is 16.1. The van der Waals surface area contributed by atoms with Gasteiger partial charge in [-0.2, -0.15) is 0 Å². The Morgan fingerprint density at radius 1 is 1.06 bits per heavy atom. The van der Waals surface area contributed by atoms with Gasteiger partial charge in [0.25, 0.3) is 0 Å². The molecule has 1 aliphatic carbocycles. The van der Waals surface area contributed by atoms with Crippen LogP contribution in [-0.4, -0.2) is 15.5 Å². The van der Waals surface area contributed by atoms with Crippen LogP contribution in [0.5, 0.6) is 0 Å². The van der Waals surface area contributed by atoms with E-state index in [1.54, 1.807) is 12.4 Å². The van der Waals surface area contributed by atoms with Gasteiger partial charge in [-0.15, -0.1) is 0 Å². The standard InChI is InChI=1S/C27H27N3O/c1-19-11-13-20(14-12-19)18-30-24-9-3-2-7-22(24)26-23(8-4-10-25(26)30)27(31)29-17-21-6-5-15-28-16-21/h2-3,5-7,9,11-16,23H,4,8,10,17-18H2,1H3,(H,29,31). The predicted molar refractivity (Wildman–Crippen MR) is 124 cm³/mol. The number of benzene rings is 2. The molecule has 4 aromatic rings. The number of fused-ring (bicyclic) bond motifs is 3. The summed E-state index contributed by atoms with van der Waals surface area (Å²) in [5, 5.41) is 4.36. The van der Waals surface area contributed by atoms with Crippen LogP contribution in [0.2, 0.25) is 0 Å². The van der Waals surface area contributed by atoms with Gasteiger partial charge in [0.15, 0.2) is 0 Å². The van der Waals surface area contributed by atoms with E-state index < -0.39 is 0 Å². The van der Waals surface area contributed by atoms with Gasteiger partial charge in [0.2, 0.25) is 5.91 Å². The van der Waals surface area contributed by atoms with Crippen LogP contribution in [-0.2, 0) is 24.3 Å². The summed E-state index contributed by atoms with van der Waals surface area (Å²) in [6, 6.07) is 21.2. The van der Waals surface area contributed by atoms with Crippen molar-refractivity contribution in [1.82, 2.24) is 14.9 Å². The molecule has 1 atom stereocenters. The zero-order valence-electron chi connectivity index (χ0n) is 17.8. The first kappa shape index (κ1) is 19.6. The monoisotopic (exact) mass is 409 g/mol. The lowest BCUT2D eigenvalue weighted by atomic mass is 9.84. The van der Waals surface area contributed by atoms with E-state index in [1.165, 1.54) is 33.3 Å². The number of hydrogen-bond donors (Lipinski definition) is 1. The SMILES string of the molecule is Cc1ccc(Cn2c3c(c4ccccc42)C(C(=O)NCc2cccnc2)CCC3)cc1. The predicted octanol–water partition coefficient (Wildman–Crippen LogP) is 5.13. The van der Waals surface area contributed by atoms with Crippen LogP contribution < -0.4 is 5.32 Å². The third-order valence-corrected chi connectivity index (χ3v) is 6.34. The minimum absolute atomic E-state index is 0.107. The molecule has 2 heterocycles. The number of para-hydroxylation sites is 1. The van der Waals surface area contributed by atoms with Crippen molar-refractivity contribution in [2.24, 2.45) is 0 Å². The van der Waals surface area contributed by atoms with Crippen molar-refractivity contribution in [1.29, 1.82) is 0 Å². The molecule has 5 rings (SSSR count). The summed E-state index contributed by atoms with van der Waals surface area (Å²) in [5.41, 5.74) is 7.34. The zero-order chi connectivity index (χ0) is 21.2. The number of nitrogens with zero attached hydrogens (tertiary/aromatic N) is 2. The van der Waals surface area contributed by atoms with E-state index in [1.807, 2.05) is 12.1 Å². The first-order valence-corrected chi connectivity index (χ1v) is 11.0. The van der Waals surface area contributed by atoms with Crippen LogP contribution in [0, 0.1) is 6.92 Å². The second-order valence-electron chi connectivity index (χ2n) is 8.47. The van der Waals surface area contributed by atoms with Crippen molar-refractivity contribution in [2.75, 3.05) is 0 Å². The summed E-state index contributed by atoms with van der Waals surface area (Å²) < 4.78 is 2.43. The molecule has 0 fully saturated rings. The van der Waals surface area contributed by atoms with E-state index in [2.05, 4.69) is 70.3 Å². The molecule has 4 nitrogen and oxygen atoms in total. The molecule has 2 aromatic carbocycles. The fourth-order valence-corrected chi connectivity index (χ4v) is 4.79. The lowest BCUT2D eigenvalue weighted by Gasteiger charge is -2.24. The highest BCUT2D eigenvalue weighted by Gasteiger charge is 2.31. The van der Waals surface area contributed by atoms with Crippen LogP contribution in [0.25, 0.3) is 10.9 Å². The Labute approximate surface area is 182 Å². The fraction of sp³-hybridized carbons (Fsp3) is 0.259. The Bertz CT molecular complexity index is 1210. The second kappa shape index (κ2) is 8.38. The van der Waals surface area contributed by atoms with Crippen molar-refractivity contribution in [3.63, 3.8) is 0 Å². The van der Waals surface area contributed by atoms with Crippen LogP contribution >= 0.6 is 0 Å². The number of aryl methyl sites for hydroxylation is 1. The Kier molecular flexibility index (Phi) is 5.29. The number of hydrogen-bond acceptors (Lipinski definition) is 2. The van der Waals surface area contributed by atoms with Crippen molar-refractivity contribution < 1.29 is 4.79 Å². The van der Waals surface area contributed by atoms with E-state index in [9.17, 15) is 4.79 Å². The van der Waals surface area contributed by atoms with Gasteiger partial charge in [0, 0.05) is 42.1 Å². The zero-order valence-corrected chi connectivity index (χ0v) is 17.8. The molecule has 0 saturated heterocycles. The Balaban J connectivity index is 1.49. The molecule has 1 amide bonds. The fourth-order valence-electron chi connectivity index (χ4n) is 4.79. The summed E-state index contributed by atoms with van der Waals surface area (Å²) in [7, 11) is 0. The van der Waals surface area contributed by atoms with Crippen molar-refractivity contribution in [3.05, 3.63) is 101 Å². The molecule has 0 aliphatic heterocycles.